The summed E-state index contributed by atoms with van der Waals surface area (Å²) >= 11 is 1.41. The third kappa shape index (κ3) is 2.18. The van der Waals surface area contributed by atoms with E-state index in [9.17, 15) is 4.79 Å². The van der Waals surface area contributed by atoms with Crippen LogP contribution in [0.15, 0.2) is 24.3 Å². The van der Waals surface area contributed by atoms with E-state index in [4.69, 9.17) is 0 Å². The van der Waals surface area contributed by atoms with Gasteiger partial charge in [-0.25, -0.2) is 0 Å². The van der Waals surface area contributed by atoms with E-state index in [1.165, 1.54) is 11.3 Å². The molecule has 0 aliphatic heterocycles. The Morgan fingerprint density at radius 2 is 2.15 bits per heavy atom. The first-order chi connectivity index (χ1) is 9.69. The van der Waals surface area contributed by atoms with Crippen LogP contribution in [0.2, 0.25) is 0 Å². The van der Waals surface area contributed by atoms with Crippen LogP contribution in [0.1, 0.15) is 28.0 Å². The maximum absolute atomic E-state index is 12.4. The molecule has 6 heteroatoms. The molecule has 1 aromatic carbocycles. The summed E-state index contributed by atoms with van der Waals surface area (Å²) in [6, 6.07) is 7.76. The highest BCUT2D eigenvalue weighted by Gasteiger charge is 2.17. The number of aryl methyl sites for hydroxylation is 2. The molecule has 0 radical (unpaired) electrons. The van der Waals surface area contributed by atoms with Crippen LogP contribution >= 0.6 is 11.3 Å². The molecule has 5 nitrogen and oxygen atoms in total. The average molecular weight is 286 g/mol. The zero-order valence-corrected chi connectivity index (χ0v) is 12.0. The molecule has 3 aromatic rings. The fourth-order valence-electron chi connectivity index (χ4n) is 2.18. The molecule has 3 rings (SSSR count). The van der Waals surface area contributed by atoms with Crippen molar-refractivity contribution in [2.24, 2.45) is 0 Å². The molecule has 2 aromatic heterocycles. The summed E-state index contributed by atoms with van der Waals surface area (Å²) in [6.07, 6.45) is 0.819. The van der Waals surface area contributed by atoms with Gasteiger partial charge in [0.15, 0.2) is 0 Å². The van der Waals surface area contributed by atoms with Crippen molar-refractivity contribution in [1.82, 2.24) is 15.2 Å². The smallest absolute Gasteiger partial charge is 0.259 e. The molecule has 0 unspecified atom stereocenters. The van der Waals surface area contributed by atoms with Gasteiger partial charge in [-0.1, -0.05) is 36.5 Å². The van der Waals surface area contributed by atoms with E-state index in [-0.39, 0.29) is 5.91 Å². The molecule has 0 aliphatic carbocycles. The lowest BCUT2D eigenvalue weighted by Gasteiger charge is -2.01. The molecule has 0 saturated carbocycles. The molecule has 2 heterocycles. The molecule has 20 heavy (non-hydrogen) atoms. The highest BCUT2D eigenvalue weighted by molar-refractivity contribution is 7.15. The number of rotatable bonds is 3. The van der Waals surface area contributed by atoms with Crippen molar-refractivity contribution in [3.05, 3.63) is 40.5 Å². The molecule has 1 amide bonds. The third-order valence-corrected chi connectivity index (χ3v) is 4.09. The van der Waals surface area contributed by atoms with E-state index < -0.39 is 0 Å². The normalized spacial score (nSPS) is 10.9. The van der Waals surface area contributed by atoms with Crippen LogP contribution in [0.4, 0.5) is 5.13 Å². The molecular weight excluding hydrogens is 272 g/mol. The van der Waals surface area contributed by atoms with Gasteiger partial charge in [-0.15, -0.1) is 10.2 Å². The minimum Gasteiger partial charge on any atom is -0.358 e. The zero-order chi connectivity index (χ0) is 14.1. The summed E-state index contributed by atoms with van der Waals surface area (Å²) in [4.78, 5) is 15.6. The van der Waals surface area contributed by atoms with Crippen LogP contribution in [0.3, 0.4) is 0 Å². The van der Waals surface area contributed by atoms with Gasteiger partial charge in [0, 0.05) is 16.6 Å². The Morgan fingerprint density at radius 3 is 2.90 bits per heavy atom. The monoisotopic (exact) mass is 286 g/mol. The van der Waals surface area contributed by atoms with Crippen molar-refractivity contribution in [3.63, 3.8) is 0 Å². The average Bonchev–Trinajstić information content (AvgIpc) is 3.01. The fraction of sp³-hybridized carbons (Fsp3) is 0.214. The molecule has 0 aliphatic rings. The lowest BCUT2D eigenvalue weighted by atomic mass is 10.1. The number of hydrogen-bond donors (Lipinski definition) is 2. The van der Waals surface area contributed by atoms with Crippen molar-refractivity contribution < 1.29 is 4.79 Å². The number of anilines is 1. The second-order valence-electron chi connectivity index (χ2n) is 4.48. The lowest BCUT2D eigenvalue weighted by Crippen LogP contribution is -2.12. The van der Waals surface area contributed by atoms with Gasteiger partial charge in [-0.3, -0.25) is 10.1 Å². The predicted octanol–water partition coefficient (Wildman–Crippen LogP) is 3.14. The maximum atomic E-state index is 12.4. The van der Waals surface area contributed by atoms with Gasteiger partial charge >= 0.3 is 0 Å². The Hall–Kier alpha value is -2.21. The lowest BCUT2D eigenvalue weighted by molar-refractivity contribution is 0.102. The zero-order valence-electron chi connectivity index (χ0n) is 11.2. The maximum Gasteiger partial charge on any atom is 0.259 e. The van der Waals surface area contributed by atoms with Crippen LogP contribution < -0.4 is 5.32 Å². The van der Waals surface area contributed by atoms with E-state index in [0.717, 1.165) is 28.0 Å². The Labute approximate surface area is 120 Å². The summed E-state index contributed by atoms with van der Waals surface area (Å²) in [5, 5.41) is 13.2. The number of H-pyrrole nitrogens is 1. The van der Waals surface area contributed by atoms with Crippen molar-refractivity contribution in [3.8, 4) is 0 Å². The van der Waals surface area contributed by atoms with Crippen molar-refractivity contribution >= 4 is 33.3 Å². The largest absolute Gasteiger partial charge is 0.358 e. The topological polar surface area (TPSA) is 70.7 Å². The fourth-order valence-corrected chi connectivity index (χ4v) is 2.85. The molecule has 0 bridgehead atoms. The number of nitrogens with zero attached hydrogens (tertiary/aromatic N) is 2. The number of benzene rings is 1. The summed E-state index contributed by atoms with van der Waals surface area (Å²) in [7, 11) is 0. The quantitative estimate of drug-likeness (QED) is 0.777. The Balaban J connectivity index is 1.94. The number of hydrogen-bond acceptors (Lipinski definition) is 4. The molecule has 2 N–H and O–H groups in total. The van der Waals surface area contributed by atoms with Crippen molar-refractivity contribution in [1.29, 1.82) is 0 Å². The summed E-state index contributed by atoms with van der Waals surface area (Å²) < 4.78 is 0. The Kier molecular flexibility index (Phi) is 3.23. The van der Waals surface area contributed by atoms with Crippen molar-refractivity contribution in [2.75, 3.05) is 5.32 Å². The van der Waals surface area contributed by atoms with Gasteiger partial charge in [-0.05, 0) is 19.4 Å². The number of fused-ring (bicyclic) bond motifs is 1. The standard InChI is InChI=1S/C14H14N4OS/c1-3-11-17-18-14(20-11)16-13(19)12-8(2)15-10-7-5-4-6-9(10)12/h4-7,15H,3H2,1-2H3,(H,16,18,19). The first-order valence-electron chi connectivity index (χ1n) is 6.40. The molecule has 0 fully saturated rings. The summed E-state index contributed by atoms with van der Waals surface area (Å²) in [6.45, 7) is 3.91. The van der Waals surface area contributed by atoms with Crippen LogP contribution in [0.5, 0.6) is 0 Å². The predicted molar refractivity (Wildman–Crippen MR) is 80.3 cm³/mol. The second kappa shape index (κ2) is 5.05. The highest BCUT2D eigenvalue weighted by Crippen LogP contribution is 2.24. The molecule has 0 saturated heterocycles. The van der Waals surface area contributed by atoms with Gasteiger partial charge < -0.3 is 4.98 Å². The number of aromatic amines is 1. The van der Waals surface area contributed by atoms with Gasteiger partial charge in [0.25, 0.3) is 5.91 Å². The van der Waals surface area contributed by atoms with E-state index in [0.29, 0.717) is 10.7 Å². The van der Waals surface area contributed by atoms with Gasteiger partial charge in [0.1, 0.15) is 5.01 Å². The minimum atomic E-state index is -0.154. The molecule has 0 atom stereocenters. The number of carbonyl (C=O) groups is 1. The first kappa shape index (κ1) is 12.8. The SMILES string of the molecule is CCc1nnc(NC(=O)c2c(C)[nH]c3ccccc23)s1. The number of para-hydroxylation sites is 1. The van der Waals surface area contributed by atoms with E-state index in [1.54, 1.807) is 0 Å². The van der Waals surface area contributed by atoms with Gasteiger partial charge in [0.05, 0.1) is 5.56 Å². The Morgan fingerprint density at radius 1 is 1.35 bits per heavy atom. The molecular formula is C14H14N4OS. The van der Waals surface area contributed by atoms with Crippen molar-refractivity contribution in [2.45, 2.75) is 20.3 Å². The highest BCUT2D eigenvalue weighted by atomic mass is 32.1. The summed E-state index contributed by atoms with van der Waals surface area (Å²) in [5.41, 5.74) is 2.47. The Bertz CT molecular complexity index is 774. The third-order valence-electron chi connectivity index (χ3n) is 3.11. The number of carbonyl (C=O) groups excluding carboxylic acids is 1. The van der Waals surface area contributed by atoms with E-state index >= 15 is 0 Å². The molecule has 102 valence electrons. The van der Waals surface area contributed by atoms with E-state index in [2.05, 4.69) is 20.5 Å². The molecule has 0 spiro atoms. The van der Waals surface area contributed by atoms with E-state index in [1.807, 2.05) is 38.1 Å². The van der Waals surface area contributed by atoms with Crippen LogP contribution in [-0.4, -0.2) is 21.1 Å². The van der Waals surface area contributed by atoms with Crippen LogP contribution in [-0.2, 0) is 6.42 Å². The summed E-state index contributed by atoms with van der Waals surface area (Å²) in [5.74, 6) is -0.154. The van der Waals surface area contributed by atoms with Crippen LogP contribution in [0, 0.1) is 6.92 Å². The second-order valence-corrected chi connectivity index (χ2v) is 5.54. The number of aromatic nitrogens is 3. The van der Waals surface area contributed by atoms with Gasteiger partial charge in [0.2, 0.25) is 5.13 Å². The number of nitrogens with one attached hydrogen (secondary N) is 2. The van der Waals surface area contributed by atoms with Crippen LogP contribution in [0.25, 0.3) is 10.9 Å². The minimum absolute atomic E-state index is 0.154. The first-order valence-corrected chi connectivity index (χ1v) is 7.21. The van der Waals surface area contributed by atoms with Gasteiger partial charge in [-0.2, -0.15) is 0 Å². The number of amides is 1.